The summed E-state index contributed by atoms with van der Waals surface area (Å²) < 4.78 is 0. The Morgan fingerprint density at radius 2 is 1.92 bits per heavy atom. The van der Waals surface area contributed by atoms with Crippen molar-refractivity contribution in [1.82, 2.24) is 0 Å². The number of hydrogen-bond acceptors (Lipinski definition) is 2. The Kier molecular flexibility index (Phi) is 8.25. The molecule has 0 aromatic rings. The van der Waals surface area contributed by atoms with Crippen LogP contribution in [0, 0.1) is 45.9 Å². The summed E-state index contributed by atoms with van der Waals surface area (Å²) in [5, 5.41) is 10.0. The second-order valence-electron chi connectivity index (χ2n) is 3.24. The fraction of sp³-hybridized carbons (Fsp3) is 0.889. The topological polar surface area (TPSA) is 32.6 Å². The molecular formula is C9H19GdNO. The number of nitrogens with zero attached hydrogens (tertiary/aromatic N) is 1. The van der Waals surface area contributed by atoms with E-state index in [2.05, 4.69) is 4.99 Å². The Morgan fingerprint density at radius 3 is 2.00 bits per heavy atom. The second-order valence-corrected chi connectivity index (χ2v) is 3.24. The van der Waals surface area contributed by atoms with Crippen molar-refractivity contribution in [3.8, 4) is 0 Å². The van der Waals surface area contributed by atoms with E-state index in [-0.39, 0.29) is 45.9 Å². The van der Waals surface area contributed by atoms with E-state index < -0.39 is 5.60 Å². The van der Waals surface area contributed by atoms with E-state index in [1.807, 2.05) is 27.7 Å². The van der Waals surface area contributed by atoms with Gasteiger partial charge in [-0.2, -0.15) is 0 Å². The van der Waals surface area contributed by atoms with E-state index in [0.29, 0.717) is 0 Å². The first-order valence-corrected chi connectivity index (χ1v) is 4.15. The predicted molar refractivity (Wildman–Crippen MR) is 49.1 cm³/mol. The van der Waals surface area contributed by atoms with Gasteiger partial charge in [0.1, 0.15) is 5.60 Å². The second kappa shape index (κ2) is 6.41. The summed E-state index contributed by atoms with van der Waals surface area (Å²) in [6, 6.07) is 0. The van der Waals surface area contributed by atoms with Gasteiger partial charge < -0.3 is 5.11 Å². The summed E-state index contributed by atoms with van der Waals surface area (Å²) in [6.07, 6.45) is 0.730. The van der Waals surface area contributed by atoms with Gasteiger partial charge in [0, 0.05) is 52.7 Å². The molecule has 0 saturated carbocycles. The van der Waals surface area contributed by atoms with Crippen LogP contribution in [0.1, 0.15) is 34.1 Å². The molecule has 0 saturated heterocycles. The van der Waals surface area contributed by atoms with Gasteiger partial charge in [-0.25, -0.2) is 0 Å². The molecule has 0 aromatic carbocycles. The van der Waals surface area contributed by atoms with Gasteiger partial charge in [-0.1, -0.05) is 20.8 Å². The van der Waals surface area contributed by atoms with Crippen molar-refractivity contribution in [2.24, 2.45) is 10.9 Å². The van der Waals surface area contributed by atoms with Crippen LogP contribution in [0.25, 0.3) is 0 Å². The maximum atomic E-state index is 10.0. The molecule has 3 heteroatoms. The number of aliphatic hydroxyl groups is 1. The summed E-state index contributed by atoms with van der Waals surface area (Å²) in [6.45, 7) is 7.88. The van der Waals surface area contributed by atoms with E-state index >= 15 is 0 Å². The predicted octanol–water partition coefficient (Wildman–Crippen LogP) is 1.87. The minimum atomic E-state index is -0.700. The average molecular weight is 315 g/mol. The zero-order valence-electron chi connectivity index (χ0n) is 8.53. The molecule has 1 N–H and O–H groups in total. The Balaban J connectivity index is 0. The Morgan fingerprint density at radius 1 is 1.50 bits per heavy atom. The molecule has 1 unspecified atom stereocenters. The summed E-state index contributed by atoms with van der Waals surface area (Å²) >= 11 is 0. The van der Waals surface area contributed by atoms with Crippen molar-refractivity contribution < 1.29 is 45.0 Å². The summed E-state index contributed by atoms with van der Waals surface area (Å²) in [5.41, 5.74) is 0.129. The molecule has 1 atom stereocenters. The molecular weight excluding hydrogens is 295 g/mol. The van der Waals surface area contributed by atoms with Gasteiger partial charge >= 0.3 is 0 Å². The zero-order valence-corrected chi connectivity index (χ0v) is 10.8. The Hall–Kier alpha value is 0.955. The largest absolute Gasteiger partial charge is 0.384 e. The molecule has 74 valence electrons. The van der Waals surface area contributed by atoms with E-state index in [9.17, 15) is 5.11 Å². The van der Waals surface area contributed by atoms with Crippen LogP contribution in [-0.4, -0.2) is 23.5 Å². The number of aliphatic imine (C=N–C) groups is 1. The van der Waals surface area contributed by atoms with E-state index in [0.717, 1.165) is 12.1 Å². The summed E-state index contributed by atoms with van der Waals surface area (Å²) in [4.78, 5) is 4.02. The summed E-state index contributed by atoms with van der Waals surface area (Å²) in [7, 11) is 1.72. The molecule has 0 aliphatic carbocycles. The van der Waals surface area contributed by atoms with Crippen molar-refractivity contribution >= 4 is 5.71 Å². The molecule has 0 aliphatic rings. The maximum Gasteiger partial charge on any atom is 0.104 e. The first-order chi connectivity index (χ1) is 4.99. The molecule has 0 fully saturated rings. The first kappa shape index (κ1) is 15.4. The fourth-order valence-corrected chi connectivity index (χ4v) is 1.28. The molecule has 0 radical (unpaired) electrons. The normalized spacial score (nSPS) is 17.1. The van der Waals surface area contributed by atoms with Crippen molar-refractivity contribution in [1.29, 1.82) is 0 Å². The van der Waals surface area contributed by atoms with E-state index in [1.54, 1.807) is 7.05 Å². The van der Waals surface area contributed by atoms with Crippen LogP contribution in [-0.2, 0) is 0 Å². The standard InChI is InChI=1S/C9H19NO.Gd/c1-6-9(11,7(2)3)8(4)10-5;/h7,11H,6H2,1-5H3;. The average Bonchev–Trinajstić information content (AvgIpc) is 2.01. The van der Waals surface area contributed by atoms with Crippen LogP contribution in [0.3, 0.4) is 0 Å². The molecule has 2 nitrogen and oxygen atoms in total. The van der Waals surface area contributed by atoms with Gasteiger partial charge in [-0.15, -0.1) is 0 Å². The van der Waals surface area contributed by atoms with E-state index in [1.165, 1.54) is 0 Å². The number of rotatable bonds is 3. The molecule has 0 bridgehead atoms. The SMILES string of the molecule is CCC(O)(C(C)=NC)C(C)C.[Gd]. The Labute approximate surface area is 108 Å². The molecule has 0 spiro atoms. The minimum absolute atomic E-state index is 0. The molecule has 0 aromatic heterocycles. The van der Waals surface area contributed by atoms with Crippen LogP contribution >= 0.6 is 0 Å². The van der Waals surface area contributed by atoms with Crippen LogP contribution in [0.2, 0.25) is 0 Å². The first-order valence-electron chi connectivity index (χ1n) is 4.15. The molecule has 0 amide bonds. The van der Waals surface area contributed by atoms with Gasteiger partial charge in [-0.05, 0) is 19.3 Å². The minimum Gasteiger partial charge on any atom is -0.384 e. The van der Waals surface area contributed by atoms with Gasteiger partial charge in [0.25, 0.3) is 0 Å². The van der Waals surface area contributed by atoms with Gasteiger partial charge in [0.15, 0.2) is 0 Å². The van der Waals surface area contributed by atoms with Crippen molar-refractivity contribution in [2.75, 3.05) is 7.05 Å². The van der Waals surface area contributed by atoms with Gasteiger partial charge in [-0.3, -0.25) is 4.99 Å². The third kappa shape index (κ3) is 3.37. The van der Waals surface area contributed by atoms with Gasteiger partial charge in [0.2, 0.25) is 0 Å². The van der Waals surface area contributed by atoms with Crippen LogP contribution in [0.15, 0.2) is 4.99 Å². The van der Waals surface area contributed by atoms with Crippen LogP contribution in [0.4, 0.5) is 0 Å². The molecule has 0 heterocycles. The fourth-order valence-electron chi connectivity index (χ4n) is 1.28. The number of hydrogen-bond donors (Lipinski definition) is 1. The smallest absolute Gasteiger partial charge is 0.104 e. The molecule has 0 aliphatic heterocycles. The third-order valence-corrected chi connectivity index (χ3v) is 2.46. The Bertz CT molecular complexity index is 157. The van der Waals surface area contributed by atoms with Crippen LogP contribution in [0.5, 0.6) is 0 Å². The van der Waals surface area contributed by atoms with Gasteiger partial charge in [0.05, 0.1) is 0 Å². The van der Waals surface area contributed by atoms with Crippen molar-refractivity contribution in [3.63, 3.8) is 0 Å². The van der Waals surface area contributed by atoms with E-state index in [4.69, 9.17) is 0 Å². The van der Waals surface area contributed by atoms with Crippen molar-refractivity contribution in [2.45, 2.75) is 39.7 Å². The molecule has 12 heavy (non-hydrogen) atoms. The summed E-state index contributed by atoms with van der Waals surface area (Å²) in [5.74, 6) is 0.233. The molecule has 0 rings (SSSR count). The quantitative estimate of drug-likeness (QED) is 0.793. The van der Waals surface area contributed by atoms with Crippen LogP contribution < -0.4 is 0 Å². The zero-order chi connectivity index (χ0) is 9.07. The van der Waals surface area contributed by atoms with Crippen molar-refractivity contribution in [3.05, 3.63) is 0 Å². The third-order valence-electron chi connectivity index (χ3n) is 2.46. The maximum absolute atomic E-state index is 10.0. The monoisotopic (exact) mass is 315 g/mol.